The Bertz CT molecular complexity index is 711. The molecule has 5 nitrogen and oxygen atoms in total. The second-order valence-electron chi connectivity index (χ2n) is 7.55. The number of piperidine rings is 1. The zero-order valence-electron chi connectivity index (χ0n) is 15.1. The molecule has 1 aliphatic carbocycles. The Morgan fingerprint density at radius 3 is 2.44 bits per heavy atom. The number of imidazole rings is 1. The molecular weight excluding hydrogens is 314 g/mol. The number of likely N-dealkylation sites (tertiary alicyclic amines) is 1. The fourth-order valence-corrected chi connectivity index (χ4v) is 4.78. The minimum atomic E-state index is -0.785. The Morgan fingerprint density at radius 2 is 1.88 bits per heavy atom. The number of methoxy groups -OCH3 is 1. The summed E-state index contributed by atoms with van der Waals surface area (Å²) in [5.74, 6) is 2.23. The molecule has 2 unspecified atom stereocenters. The van der Waals surface area contributed by atoms with Crippen LogP contribution in [0.15, 0.2) is 36.7 Å². The molecule has 4 rings (SSSR count). The van der Waals surface area contributed by atoms with Gasteiger partial charge in [0.15, 0.2) is 0 Å². The van der Waals surface area contributed by atoms with Crippen LogP contribution in [0.2, 0.25) is 0 Å². The van der Waals surface area contributed by atoms with Gasteiger partial charge in [-0.2, -0.15) is 0 Å². The number of hydrogen-bond donors (Lipinski definition) is 1. The standard InChI is InChI=1S/C20H27N3O2/c1-22-11-10-21-19(22)20(24)16-4-3-5-17(20)14-23(13-16)12-15-6-8-18(25-2)9-7-15/h6-11,16-17,24H,3-5,12-14H2,1-2H3. The van der Waals surface area contributed by atoms with Gasteiger partial charge in [0.1, 0.15) is 17.2 Å². The third kappa shape index (κ3) is 2.85. The fourth-order valence-electron chi connectivity index (χ4n) is 4.78. The fraction of sp³-hybridized carbons (Fsp3) is 0.550. The highest BCUT2D eigenvalue weighted by atomic mass is 16.5. The van der Waals surface area contributed by atoms with Crippen LogP contribution in [-0.4, -0.2) is 39.8 Å². The summed E-state index contributed by atoms with van der Waals surface area (Å²) in [5.41, 5.74) is 0.508. The quantitative estimate of drug-likeness (QED) is 0.928. The van der Waals surface area contributed by atoms with Crippen LogP contribution in [0.25, 0.3) is 0 Å². The highest BCUT2D eigenvalue weighted by Gasteiger charge is 2.53. The molecule has 2 bridgehead atoms. The zero-order chi connectivity index (χ0) is 17.4. The van der Waals surface area contributed by atoms with Gasteiger partial charge in [-0.1, -0.05) is 18.6 Å². The molecule has 5 heteroatoms. The number of hydrogen-bond acceptors (Lipinski definition) is 4. The third-order valence-corrected chi connectivity index (χ3v) is 6.05. The lowest BCUT2D eigenvalue weighted by atomic mass is 9.65. The molecule has 2 aliphatic rings. The summed E-state index contributed by atoms with van der Waals surface area (Å²) in [7, 11) is 3.68. The number of benzene rings is 1. The van der Waals surface area contributed by atoms with Crippen LogP contribution < -0.4 is 4.74 Å². The molecule has 2 heterocycles. The van der Waals surface area contributed by atoms with Crippen molar-refractivity contribution in [3.8, 4) is 5.75 Å². The summed E-state index contributed by atoms with van der Waals surface area (Å²) in [4.78, 5) is 7.00. The largest absolute Gasteiger partial charge is 0.497 e. The van der Waals surface area contributed by atoms with Crippen molar-refractivity contribution in [3.63, 3.8) is 0 Å². The van der Waals surface area contributed by atoms with E-state index in [0.29, 0.717) is 0 Å². The van der Waals surface area contributed by atoms with Gasteiger partial charge in [0, 0.05) is 50.9 Å². The van der Waals surface area contributed by atoms with Crippen molar-refractivity contribution < 1.29 is 9.84 Å². The molecular formula is C20H27N3O2. The molecule has 134 valence electrons. The normalized spacial score (nSPS) is 29.6. The van der Waals surface area contributed by atoms with E-state index >= 15 is 0 Å². The molecule has 1 aliphatic heterocycles. The van der Waals surface area contributed by atoms with Gasteiger partial charge in [0.05, 0.1) is 7.11 Å². The van der Waals surface area contributed by atoms with Crippen LogP contribution in [0.5, 0.6) is 5.75 Å². The van der Waals surface area contributed by atoms with Crippen molar-refractivity contribution in [2.45, 2.75) is 31.4 Å². The molecule has 1 aromatic heterocycles. The average molecular weight is 341 g/mol. The van der Waals surface area contributed by atoms with E-state index in [1.165, 1.54) is 12.0 Å². The smallest absolute Gasteiger partial charge is 0.141 e. The minimum absolute atomic E-state index is 0.249. The number of nitrogens with zero attached hydrogens (tertiary/aromatic N) is 3. The van der Waals surface area contributed by atoms with Crippen LogP contribution in [0.1, 0.15) is 30.7 Å². The SMILES string of the molecule is COc1ccc(CN2CC3CCCC(C2)C3(O)c2nccn2C)cc1. The second-order valence-corrected chi connectivity index (χ2v) is 7.55. The summed E-state index contributed by atoms with van der Waals surface area (Å²) >= 11 is 0. The molecule has 2 atom stereocenters. The first kappa shape index (κ1) is 16.6. The monoisotopic (exact) mass is 341 g/mol. The van der Waals surface area contributed by atoms with Gasteiger partial charge in [-0.15, -0.1) is 0 Å². The Hall–Kier alpha value is -1.85. The lowest BCUT2D eigenvalue weighted by molar-refractivity contribution is -0.155. The van der Waals surface area contributed by atoms with Gasteiger partial charge in [-0.05, 0) is 30.5 Å². The molecule has 0 spiro atoms. The van der Waals surface area contributed by atoms with Crippen molar-refractivity contribution in [2.75, 3.05) is 20.2 Å². The molecule has 0 radical (unpaired) electrons. The highest BCUT2D eigenvalue weighted by Crippen LogP contribution is 2.48. The minimum Gasteiger partial charge on any atom is -0.497 e. The van der Waals surface area contributed by atoms with Crippen LogP contribution in [0.3, 0.4) is 0 Å². The van der Waals surface area contributed by atoms with E-state index in [-0.39, 0.29) is 11.8 Å². The number of rotatable bonds is 4. The van der Waals surface area contributed by atoms with Crippen LogP contribution >= 0.6 is 0 Å². The van der Waals surface area contributed by atoms with Crippen molar-refractivity contribution in [3.05, 3.63) is 48.0 Å². The molecule has 0 amide bonds. The van der Waals surface area contributed by atoms with Crippen LogP contribution in [0, 0.1) is 11.8 Å². The lowest BCUT2D eigenvalue weighted by Crippen LogP contribution is -2.58. The van der Waals surface area contributed by atoms with Crippen LogP contribution in [0.4, 0.5) is 0 Å². The average Bonchev–Trinajstić information content (AvgIpc) is 3.03. The summed E-state index contributed by atoms with van der Waals surface area (Å²) in [5, 5.41) is 11.6. The molecule has 2 aromatic rings. The number of aliphatic hydroxyl groups is 1. The maximum atomic E-state index is 11.6. The van der Waals surface area contributed by atoms with E-state index < -0.39 is 5.60 Å². The molecule has 25 heavy (non-hydrogen) atoms. The van der Waals surface area contributed by atoms with Crippen molar-refractivity contribution in [1.82, 2.24) is 14.5 Å². The van der Waals surface area contributed by atoms with Gasteiger partial charge in [0.25, 0.3) is 0 Å². The summed E-state index contributed by atoms with van der Waals surface area (Å²) < 4.78 is 7.23. The Morgan fingerprint density at radius 1 is 1.20 bits per heavy atom. The molecule has 1 saturated carbocycles. The van der Waals surface area contributed by atoms with E-state index in [1.807, 2.05) is 29.9 Å². The van der Waals surface area contributed by atoms with E-state index in [9.17, 15) is 5.11 Å². The Kier molecular flexibility index (Phi) is 4.29. The number of ether oxygens (including phenoxy) is 1. The van der Waals surface area contributed by atoms with Crippen LogP contribution in [-0.2, 0) is 19.2 Å². The molecule has 2 fully saturated rings. The van der Waals surface area contributed by atoms with Gasteiger partial charge in [-0.25, -0.2) is 4.98 Å². The van der Waals surface area contributed by atoms with Crippen molar-refractivity contribution in [2.24, 2.45) is 18.9 Å². The van der Waals surface area contributed by atoms with E-state index in [4.69, 9.17) is 4.74 Å². The maximum absolute atomic E-state index is 11.6. The predicted molar refractivity (Wildman–Crippen MR) is 96.2 cm³/mol. The first-order chi connectivity index (χ1) is 12.1. The van der Waals surface area contributed by atoms with E-state index in [1.54, 1.807) is 13.3 Å². The first-order valence-electron chi connectivity index (χ1n) is 9.16. The van der Waals surface area contributed by atoms with E-state index in [2.05, 4.69) is 22.0 Å². The van der Waals surface area contributed by atoms with Gasteiger partial charge in [-0.3, -0.25) is 4.90 Å². The first-order valence-corrected chi connectivity index (χ1v) is 9.16. The topological polar surface area (TPSA) is 50.5 Å². The van der Waals surface area contributed by atoms with Crippen molar-refractivity contribution in [1.29, 1.82) is 0 Å². The maximum Gasteiger partial charge on any atom is 0.141 e. The summed E-state index contributed by atoms with van der Waals surface area (Å²) in [6.45, 7) is 2.77. The number of aryl methyl sites for hydroxylation is 1. The van der Waals surface area contributed by atoms with Crippen molar-refractivity contribution >= 4 is 0 Å². The Labute approximate surface area is 149 Å². The van der Waals surface area contributed by atoms with Gasteiger partial charge in [0.2, 0.25) is 0 Å². The number of aromatic nitrogens is 2. The zero-order valence-corrected chi connectivity index (χ0v) is 15.1. The van der Waals surface area contributed by atoms with Gasteiger partial charge >= 0.3 is 0 Å². The van der Waals surface area contributed by atoms with Gasteiger partial charge < -0.3 is 14.4 Å². The molecule has 1 N–H and O–H groups in total. The lowest BCUT2D eigenvalue weighted by Gasteiger charge is -2.52. The Balaban J connectivity index is 1.54. The highest BCUT2D eigenvalue weighted by molar-refractivity contribution is 5.27. The summed E-state index contributed by atoms with van der Waals surface area (Å²) in [6.07, 6.45) is 7.08. The molecule has 1 aromatic carbocycles. The van der Waals surface area contributed by atoms with E-state index in [0.717, 1.165) is 44.0 Å². The number of fused-ring (bicyclic) bond motifs is 2. The predicted octanol–water partition coefficient (Wildman–Crippen LogP) is 2.55. The third-order valence-electron chi connectivity index (χ3n) is 6.05. The summed E-state index contributed by atoms with van der Waals surface area (Å²) in [6, 6.07) is 8.30. The second kappa shape index (κ2) is 6.46. The molecule has 1 saturated heterocycles.